The molecule has 0 radical (unpaired) electrons. The summed E-state index contributed by atoms with van der Waals surface area (Å²) in [6.07, 6.45) is 4.06. The molecule has 0 spiro atoms. The fraction of sp³-hybridized carbons (Fsp3) is 0.643. The van der Waals surface area contributed by atoms with Gasteiger partial charge in [-0.2, -0.15) is 0 Å². The lowest BCUT2D eigenvalue weighted by Crippen LogP contribution is -2.24. The van der Waals surface area contributed by atoms with E-state index < -0.39 is 0 Å². The van der Waals surface area contributed by atoms with Crippen LogP contribution in [0.1, 0.15) is 38.9 Å². The predicted molar refractivity (Wildman–Crippen MR) is 71.8 cm³/mol. The molecule has 1 heterocycles. The molecule has 1 aromatic heterocycles. The number of nitrogens with one attached hydrogen (secondary N) is 1. The van der Waals surface area contributed by atoms with E-state index in [0.29, 0.717) is 31.3 Å². The monoisotopic (exact) mass is 252 g/mol. The summed E-state index contributed by atoms with van der Waals surface area (Å²) in [5, 5.41) is 2.86. The Labute approximate surface area is 109 Å². The van der Waals surface area contributed by atoms with Crippen LogP contribution in [-0.4, -0.2) is 12.5 Å². The van der Waals surface area contributed by atoms with E-state index in [1.807, 2.05) is 12.1 Å². The van der Waals surface area contributed by atoms with Crippen molar-refractivity contribution in [3.8, 4) is 0 Å². The zero-order chi connectivity index (χ0) is 13.4. The van der Waals surface area contributed by atoms with Gasteiger partial charge in [0.2, 0.25) is 5.91 Å². The van der Waals surface area contributed by atoms with Crippen LogP contribution >= 0.6 is 0 Å². The average molecular weight is 252 g/mol. The van der Waals surface area contributed by atoms with Gasteiger partial charge in [0, 0.05) is 6.42 Å². The first-order chi connectivity index (χ1) is 8.63. The van der Waals surface area contributed by atoms with Crippen molar-refractivity contribution >= 4 is 5.91 Å². The second kappa shape index (κ2) is 7.93. The van der Waals surface area contributed by atoms with E-state index in [2.05, 4.69) is 19.2 Å². The predicted octanol–water partition coefficient (Wildman–Crippen LogP) is 2.30. The molecule has 0 aliphatic heterocycles. The summed E-state index contributed by atoms with van der Waals surface area (Å²) < 4.78 is 5.16. The van der Waals surface area contributed by atoms with E-state index in [9.17, 15) is 4.79 Å². The molecule has 0 aliphatic rings. The number of furan rings is 1. The van der Waals surface area contributed by atoms with E-state index in [-0.39, 0.29) is 5.91 Å². The quantitative estimate of drug-likeness (QED) is 0.746. The molecule has 1 aromatic rings. The third-order valence-corrected chi connectivity index (χ3v) is 3.26. The van der Waals surface area contributed by atoms with Crippen molar-refractivity contribution in [3.05, 3.63) is 24.2 Å². The number of carbonyl (C=O) groups is 1. The van der Waals surface area contributed by atoms with Crippen molar-refractivity contribution in [2.45, 2.75) is 39.7 Å². The Kier molecular flexibility index (Phi) is 6.50. The fourth-order valence-electron chi connectivity index (χ4n) is 2.03. The Morgan fingerprint density at radius 3 is 2.78 bits per heavy atom. The molecule has 3 N–H and O–H groups in total. The Balaban J connectivity index is 2.23. The minimum Gasteiger partial charge on any atom is -0.467 e. The summed E-state index contributed by atoms with van der Waals surface area (Å²) in [7, 11) is 0. The van der Waals surface area contributed by atoms with E-state index in [0.717, 1.165) is 18.6 Å². The highest BCUT2D eigenvalue weighted by Crippen LogP contribution is 2.20. The van der Waals surface area contributed by atoms with Gasteiger partial charge >= 0.3 is 0 Å². The summed E-state index contributed by atoms with van der Waals surface area (Å²) in [5.74, 6) is 1.97. The Morgan fingerprint density at radius 2 is 2.22 bits per heavy atom. The van der Waals surface area contributed by atoms with E-state index >= 15 is 0 Å². The van der Waals surface area contributed by atoms with Crippen LogP contribution in [0.15, 0.2) is 22.8 Å². The van der Waals surface area contributed by atoms with Crippen LogP contribution in [0.2, 0.25) is 0 Å². The molecule has 0 saturated heterocycles. The van der Waals surface area contributed by atoms with Gasteiger partial charge in [-0.3, -0.25) is 4.79 Å². The van der Waals surface area contributed by atoms with Gasteiger partial charge in [0.25, 0.3) is 0 Å². The van der Waals surface area contributed by atoms with E-state index in [4.69, 9.17) is 10.2 Å². The van der Waals surface area contributed by atoms with Gasteiger partial charge in [-0.05, 0) is 43.4 Å². The number of carbonyl (C=O) groups excluding carboxylic acids is 1. The molecule has 0 bridgehead atoms. The van der Waals surface area contributed by atoms with Crippen molar-refractivity contribution in [2.24, 2.45) is 17.6 Å². The summed E-state index contributed by atoms with van der Waals surface area (Å²) >= 11 is 0. The first-order valence-corrected chi connectivity index (χ1v) is 6.62. The van der Waals surface area contributed by atoms with Gasteiger partial charge in [0.05, 0.1) is 12.8 Å². The smallest absolute Gasteiger partial charge is 0.220 e. The number of hydrogen-bond acceptors (Lipinski definition) is 3. The number of rotatable bonds is 8. The Bertz CT molecular complexity index is 334. The molecule has 18 heavy (non-hydrogen) atoms. The highest BCUT2D eigenvalue weighted by atomic mass is 16.3. The van der Waals surface area contributed by atoms with Crippen LogP contribution in [0.5, 0.6) is 0 Å². The lowest BCUT2D eigenvalue weighted by Gasteiger charge is -2.19. The Morgan fingerprint density at radius 1 is 1.44 bits per heavy atom. The molecule has 1 unspecified atom stereocenters. The zero-order valence-electron chi connectivity index (χ0n) is 11.3. The largest absolute Gasteiger partial charge is 0.467 e. The topological polar surface area (TPSA) is 68.3 Å². The standard InChI is InChI=1S/C14H24N2O2/c1-11(2)12(7-8-15)5-6-14(17)16-10-13-4-3-9-18-13/h3-4,9,11-12H,5-8,10,15H2,1-2H3,(H,16,17). The average Bonchev–Trinajstić information content (AvgIpc) is 2.84. The van der Waals surface area contributed by atoms with Gasteiger partial charge in [0.15, 0.2) is 0 Å². The second-order valence-electron chi connectivity index (χ2n) is 4.98. The van der Waals surface area contributed by atoms with Gasteiger partial charge < -0.3 is 15.5 Å². The van der Waals surface area contributed by atoms with Crippen LogP contribution in [0.4, 0.5) is 0 Å². The molecule has 1 rings (SSSR count). The molecular formula is C14H24N2O2. The maximum atomic E-state index is 11.7. The van der Waals surface area contributed by atoms with Gasteiger partial charge in [-0.15, -0.1) is 0 Å². The molecule has 1 amide bonds. The van der Waals surface area contributed by atoms with Crippen LogP contribution < -0.4 is 11.1 Å². The molecule has 1 atom stereocenters. The maximum Gasteiger partial charge on any atom is 0.220 e. The van der Waals surface area contributed by atoms with Crippen molar-refractivity contribution in [3.63, 3.8) is 0 Å². The summed E-state index contributed by atoms with van der Waals surface area (Å²) in [5.41, 5.74) is 5.58. The van der Waals surface area contributed by atoms with Gasteiger partial charge in [0.1, 0.15) is 5.76 Å². The lowest BCUT2D eigenvalue weighted by molar-refractivity contribution is -0.121. The molecular weight excluding hydrogens is 228 g/mol. The van der Waals surface area contributed by atoms with Gasteiger partial charge in [-0.25, -0.2) is 0 Å². The van der Waals surface area contributed by atoms with Crippen molar-refractivity contribution in [1.29, 1.82) is 0 Å². The zero-order valence-corrected chi connectivity index (χ0v) is 11.3. The van der Waals surface area contributed by atoms with Crippen LogP contribution in [0, 0.1) is 11.8 Å². The number of hydrogen-bond donors (Lipinski definition) is 2. The minimum absolute atomic E-state index is 0.0778. The molecule has 0 aromatic carbocycles. The summed E-state index contributed by atoms with van der Waals surface area (Å²) in [6.45, 7) is 5.52. The highest BCUT2D eigenvalue weighted by Gasteiger charge is 2.14. The maximum absolute atomic E-state index is 11.7. The van der Waals surface area contributed by atoms with Crippen LogP contribution in [0.25, 0.3) is 0 Å². The normalized spacial score (nSPS) is 12.7. The highest BCUT2D eigenvalue weighted by molar-refractivity contribution is 5.75. The van der Waals surface area contributed by atoms with Crippen LogP contribution in [0.3, 0.4) is 0 Å². The molecule has 4 heteroatoms. The number of nitrogens with two attached hydrogens (primary N) is 1. The number of amides is 1. The van der Waals surface area contributed by atoms with E-state index in [1.165, 1.54) is 0 Å². The van der Waals surface area contributed by atoms with Crippen molar-refractivity contribution in [1.82, 2.24) is 5.32 Å². The Hall–Kier alpha value is -1.29. The SMILES string of the molecule is CC(C)C(CCN)CCC(=O)NCc1ccco1. The summed E-state index contributed by atoms with van der Waals surface area (Å²) in [6, 6.07) is 3.67. The fourth-order valence-corrected chi connectivity index (χ4v) is 2.03. The van der Waals surface area contributed by atoms with Gasteiger partial charge in [-0.1, -0.05) is 13.8 Å². The minimum atomic E-state index is 0.0778. The molecule has 0 fully saturated rings. The molecule has 0 saturated carbocycles. The van der Waals surface area contributed by atoms with Crippen molar-refractivity contribution in [2.75, 3.05) is 6.54 Å². The first-order valence-electron chi connectivity index (χ1n) is 6.62. The molecule has 4 nitrogen and oxygen atoms in total. The molecule has 0 aliphatic carbocycles. The van der Waals surface area contributed by atoms with E-state index in [1.54, 1.807) is 6.26 Å². The lowest BCUT2D eigenvalue weighted by atomic mass is 9.88. The molecule has 102 valence electrons. The summed E-state index contributed by atoms with van der Waals surface area (Å²) in [4.78, 5) is 11.7. The second-order valence-corrected chi connectivity index (χ2v) is 4.98. The first kappa shape index (κ1) is 14.8. The van der Waals surface area contributed by atoms with Crippen LogP contribution in [-0.2, 0) is 11.3 Å². The van der Waals surface area contributed by atoms with Crippen molar-refractivity contribution < 1.29 is 9.21 Å². The third kappa shape index (κ3) is 5.36. The third-order valence-electron chi connectivity index (χ3n) is 3.26.